The minimum absolute atomic E-state index is 0.244. The minimum Gasteiger partial charge on any atom is -0.435 e. The zero-order valence-electron chi connectivity index (χ0n) is 14.3. The number of fused-ring (bicyclic) bond motifs is 1. The van der Waals surface area contributed by atoms with Gasteiger partial charge in [-0.2, -0.15) is 4.98 Å². The number of rotatable bonds is 4. The summed E-state index contributed by atoms with van der Waals surface area (Å²) in [6.07, 6.45) is 4.86. The number of hydrogen-bond donors (Lipinski definition) is 2. The number of nitrogen functional groups attached to an aromatic ring is 1. The fourth-order valence-corrected chi connectivity index (χ4v) is 2.97. The van der Waals surface area contributed by atoms with Crippen molar-refractivity contribution in [2.45, 2.75) is 6.92 Å². The van der Waals surface area contributed by atoms with Gasteiger partial charge in [0.15, 0.2) is 11.6 Å². The molecule has 4 rings (SSSR count). The monoisotopic (exact) mass is 422 g/mol. The molecular weight excluding hydrogens is 408 g/mol. The summed E-state index contributed by atoms with van der Waals surface area (Å²) >= 11 is 3.52. The summed E-state index contributed by atoms with van der Waals surface area (Å²) in [5, 5.41) is 4.02. The SMILES string of the molecule is Cc1ccc(Nc2ncnc(Oc3ccc(Br)c4cccnc34)c2N)nc1. The number of nitrogens with one attached hydrogen (secondary N) is 1. The molecule has 0 bridgehead atoms. The fraction of sp³-hybridized carbons (Fsp3) is 0.0526. The van der Waals surface area contributed by atoms with E-state index in [9.17, 15) is 0 Å². The molecule has 0 amide bonds. The van der Waals surface area contributed by atoms with Gasteiger partial charge in [0.2, 0.25) is 5.88 Å². The van der Waals surface area contributed by atoms with E-state index in [1.165, 1.54) is 6.33 Å². The highest BCUT2D eigenvalue weighted by Crippen LogP contribution is 2.35. The lowest BCUT2D eigenvalue weighted by Gasteiger charge is -2.12. The average Bonchev–Trinajstić information content (AvgIpc) is 2.69. The Hall–Kier alpha value is -3.26. The van der Waals surface area contributed by atoms with E-state index in [2.05, 4.69) is 41.2 Å². The molecule has 8 heteroatoms. The van der Waals surface area contributed by atoms with Crippen LogP contribution in [0.3, 0.4) is 0 Å². The van der Waals surface area contributed by atoms with Gasteiger partial charge in [-0.1, -0.05) is 28.1 Å². The number of aryl methyl sites for hydroxylation is 1. The molecule has 134 valence electrons. The quantitative estimate of drug-likeness (QED) is 0.495. The van der Waals surface area contributed by atoms with E-state index >= 15 is 0 Å². The van der Waals surface area contributed by atoms with Crippen LogP contribution in [0, 0.1) is 6.92 Å². The molecule has 0 saturated heterocycles. The summed E-state index contributed by atoms with van der Waals surface area (Å²) in [6.45, 7) is 1.97. The Kier molecular flexibility index (Phi) is 4.55. The second-order valence-corrected chi connectivity index (χ2v) is 6.69. The van der Waals surface area contributed by atoms with Gasteiger partial charge in [-0.05, 0) is 36.8 Å². The third-order valence-corrected chi connectivity index (χ3v) is 4.58. The zero-order valence-corrected chi connectivity index (χ0v) is 15.9. The molecule has 3 aromatic heterocycles. The molecule has 1 aromatic carbocycles. The molecule has 0 aliphatic rings. The molecule has 0 saturated carbocycles. The molecule has 0 spiro atoms. The van der Waals surface area contributed by atoms with Gasteiger partial charge in [-0.25, -0.2) is 9.97 Å². The molecule has 0 aliphatic carbocycles. The lowest BCUT2D eigenvalue weighted by molar-refractivity contribution is 0.469. The Morgan fingerprint density at radius 1 is 1.04 bits per heavy atom. The lowest BCUT2D eigenvalue weighted by Crippen LogP contribution is -2.04. The van der Waals surface area contributed by atoms with Gasteiger partial charge in [0.05, 0.1) is 0 Å². The van der Waals surface area contributed by atoms with Gasteiger partial charge in [0.25, 0.3) is 0 Å². The highest BCUT2D eigenvalue weighted by Gasteiger charge is 2.14. The van der Waals surface area contributed by atoms with Gasteiger partial charge in [-0.3, -0.25) is 4.98 Å². The summed E-state index contributed by atoms with van der Waals surface area (Å²) in [5.74, 6) is 1.85. The zero-order chi connectivity index (χ0) is 18.8. The van der Waals surface area contributed by atoms with Gasteiger partial charge >= 0.3 is 0 Å². The number of anilines is 3. The number of ether oxygens (including phenoxy) is 1. The average molecular weight is 423 g/mol. The number of pyridine rings is 2. The molecular formula is C19H15BrN6O. The van der Waals surface area contributed by atoms with Crippen molar-refractivity contribution < 1.29 is 4.74 Å². The van der Waals surface area contributed by atoms with Crippen LogP contribution < -0.4 is 15.8 Å². The van der Waals surface area contributed by atoms with Crippen LogP contribution in [0.2, 0.25) is 0 Å². The van der Waals surface area contributed by atoms with Crippen LogP contribution in [0.25, 0.3) is 10.9 Å². The van der Waals surface area contributed by atoms with E-state index < -0.39 is 0 Å². The summed E-state index contributed by atoms with van der Waals surface area (Å²) in [6, 6.07) is 11.3. The highest BCUT2D eigenvalue weighted by molar-refractivity contribution is 9.10. The van der Waals surface area contributed by atoms with Crippen molar-refractivity contribution in [2.75, 3.05) is 11.1 Å². The molecule has 3 heterocycles. The second kappa shape index (κ2) is 7.16. The van der Waals surface area contributed by atoms with E-state index in [4.69, 9.17) is 10.5 Å². The molecule has 3 N–H and O–H groups in total. The molecule has 0 unspecified atom stereocenters. The van der Waals surface area contributed by atoms with Crippen LogP contribution in [-0.2, 0) is 0 Å². The van der Waals surface area contributed by atoms with Crippen LogP contribution in [-0.4, -0.2) is 19.9 Å². The Labute approximate surface area is 163 Å². The third kappa shape index (κ3) is 3.52. The summed E-state index contributed by atoms with van der Waals surface area (Å²) in [5.41, 5.74) is 8.27. The largest absolute Gasteiger partial charge is 0.435 e. The van der Waals surface area contributed by atoms with Crippen LogP contribution in [0.15, 0.2) is 59.6 Å². The van der Waals surface area contributed by atoms with Crippen molar-refractivity contribution in [3.63, 3.8) is 0 Å². The Balaban J connectivity index is 1.68. The van der Waals surface area contributed by atoms with Crippen molar-refractivity contribution in [3.05, 3.63) is 65.2 Å². The van der Waals surface area contributed by atoms with Gasteiger partial charge in [0, 0.05) is 22.3 Å². The highest BCUT2D eigenvalue weighted by atomic mass is 79.9. The summed E-state index contributed by atoms with van der Waals surface area (Å²) in [4.78, 5) is 17.0. The number of nitrogens with two attached hydrogens (primary N) is 1. The van der Waals surface area contributed by atoms with Gasteiger partial charge < -0.3 is 15.8 Å². The first-order valence-corrected chi connectivity index (χ1v) is 8.92. The Morgan fingerprint density at radius 3 is 2.74 bits per heavy atom. The maximum Gasteiger partial charge on any atom is 0.248 e. The first-order valence-electron chi connectivity index (χ1n) is 8.13. The van der Waals surface area contributed by atoms with E-state index in [-0.39, 0.29) is 11.6 Å². The maximum absolute atomic E-state index is 6.21. The number of benzene rings is 1. The van der Waals surface area contributed by atoms with Crippen LogP contribution >= 0.6 is 15.9 Å². The van der Waals surface area contributed by atoms with Crippen molar-refractivity contribution in [1.29, 1.82) is 0 Å². The molecule has 7 nitrogen and oxygen atoms in total. The van der Waals surface area contributed by atoms with E-state index in [0.29, 0.717) is 22.9 Å². The molecule has 0 radical (unpaired) electrons. The predicted octanol–water partition coefficient (Wildman–Crippen LogP) is 4.61. The molecule has 0 atom stereocenters. The van der Waals surface area contributed by atoms with E-state index in [1.807, 2.05) is 43.3 Å². The third-order valence-electron chi connectivity index (χ3n) is 3.89. The fourth-order valence-electron chi connectivity index (χ4n) is 2.52. The van der Waals surface area contributed by atoms with Crippen LogP contribution in [0.1, 0.15) is 5.56 Å². The van der Waals surface area contributed by atoms with Crippen LogP contribution in [0.4, 0.5) is 17.3 Å². The Morgan fingerprint density at radius 2 is 1.93 bits per heavy atom. The van der Waals surface area contributed by atoms with Crippen molar-refractivity contribution >= 4 is 44.2 Å². The van der Waals surface area contributed by atoms with E-state index in [0.717, 1.165) is 15.4 Å². The first kappa shape index (κ1) is 17.2. The van der Waals surface area contributed by atoms with Gasteiger partial charge in [0.1, 0.15) is 23.3 Å². The molecule has 0 fully saturated rings. The lowest BCUT2D eigenvalue weighted by atomic mass is 10.2. The van der Waals surface area contributed by atoms with Crippen molar-refractivity contribution in [3.8, 4) is 11.6 Å². The predicted molar refractivity (Wildman–Crippen MR) is 108 cm³/mol. The normalized spacial score (nSPS) is 10.7. The molecule has 0 aliphatic heterocycles. The van der Waals surface area contributed by atoms with Crippen LogP contribution in [0.5, 0.6) is 11.6 Å². The van der Waals surface area contributed by atoms with Crippen molar-refractivity contribution in [1.82, 2.24) is 19.9 Å². The maximum atomic E-state index is 6.21. The number of aromatic nitrogens is 4. The number of hydrogen-bond acceptors (Lipinski definition) is 7. The second-order valence-electron chi connectivity index (χ2n) is 5.83. The standard InChI is InChI=1S/C19H15BrN6O/c1-11-4-7-15(23-9-11)26-18-16(21)19(25-10-24-18)27-14-6-5-13(20)12-3-2-8-22-17(12)14/h2-10H,21H2,1H3,(H,23,24,25,26). The summed E-state index contributed by atoms with van der Waals surface area (Å²) in [7, 11) is 0. The number of nitrogens with zero attached hydrogens (tertiary/aromatic N) is 4. The Bertz CT molecular complexity index is 1120. The number of halogens is 1. The van der Waals surface area contributed by atoms with Gasteiger partial charge in [-0.15, -0.1) is 0 Å². The smallest absolute Gasteiger partial charge is 0.248 e. The topological polar surface area (TPSA) is 98.8 Å². The van der Waals surface area contributed by atoms with E-state index in [1.54, 1.807) is 12.4 Å². The van der Waals surface area contributed by atoms with Crippen molar-refractivity contribution in [2.24, 2.45) is 0 Å². The first-order chi connectivity index (χ1) is 13.1. The minimum atomic E-state index is 0.244. The molecule has 4 aromatic rings. The molecule has 27 heavy (non-hydrogen) atoms. The summed E-state index contributed by atoms with van der Waals surface area (Å²) < 4.78 is 6.89.